The highest BCUT2D eigenvalue weighted by atomic mass is 32.2. The number of rotatable bonds is 9. The number of anilines is 1. The molecule has 0 spiro atoms. The number of hydrogen-bond acceptors (Lipinski definition) is 8. The molecule has 1 aromatic carbocycles. The zero-order valence-electron chi connectivity index (χ0n) is 17.6. The Balaban J connectivity index is 1.52. The number of aromatic nitrogens is 3. The van der Waals surface area contributed by atoms with Crippen LogP contribution in [0.2, 0.25) is 0 Å². The molecule has 1 unspecified atom stereocenters. The van der Waals surface area contributed by atoms with Crippen molar-refractivity contribution in [1.29, 1.82) is 0 Å². The van der Waals surface area contributed by atoms with Crippen molar-refractivity contribution >= 4 is 23.4 Å². The number of nitrogens with one attached hydrogen (secondary N) is 1. The molecule has 32 heavy (non-hydrogen) atoms. The van der Waals surface area contributed by atoms with Crippen LogP contribution in [0.25, 0.3) is 22.9 Å². The van der Waals surface area contributed by atoms with Crippen LogP contribution in [-0.2, 0) is 4.79 Å². The fourth-order valence-electron chi connectivity index (χ4n) is 3.00. The molecule has 0 aliphatic heterocycles. The van der Waals surface area contributed by atoms with Gasteiger partial charge in [-0.3, -0.25) is 4.79 Å². The van der Waals surface area contributed by atoms with E-state index in [9.17, 15) is 4.79 Å². The Hall–Kier alpha value is -3.59. The largest absolute Gasteiger partial charge is 0.494 e. The van der Waals surface area contributed by atoms with Crippen molar-refractivity contribution in [2.45, 2.75) is 30.7 Å². The van der Waals surface area contributed by atoms with E-state index in [0.29, 0.717) is 46.8 Å². The molecule has 9 heteroatoms. The quantitative estimate of drug-likeness (QED) is 0.343. The molecule has 164 valence electrons. The number of carbonyl (C=O) groups excluding carboxylic acids is 1. The second-order valence-corrected chi connectivity index (χ2v) is 7.88. The molecule has 0 saturated heterocycles. The van der Waals surface area contributed by atoms with Crippen LogP contribution < -0.4 is 10.1 Å². The summed E-state index contributed by atoms with van der Waals surface area (Å²) < 4.78 is 16.4. The van der Waals surface area contributed by atoms with Crippen LogP contribution >= 0.6 is 11.8 Å². The van der Waals surface area contributed by atoms with E-state index >= 15 is 0 Å². The van der Waals surface area contributed by atoms with Crippen LogP contribution in [0.3, 0.4) is 0 Å². The number of nitrogens with zero attached hydrogens (tertiary/aromatic N) is 3. The SMILES string of the molecule is CCOc1ccc(NC(=O)C(CC)Sc2nnc(-c3ccco3)c(-c3ccco3)n2)cc1. The summed E-state index contributed by atoms with van der Waals surface area (Å²) in [5.41, 5.74) is 1.67. The lowest BCUT2D eigenvalue weighted by molar-refractivity contribution is -0.115. The van der Waals surface area contributed by atoms with E-state index in [-0.39, 0.29) is 5.91 Å². The average molecular weight is 451 g/mol. The fraction of sp³-hybridized carbons (Fsp3) is 0.217. The van der Waals surface area contributed by atoms with Gasteiger partial charge in [0, 0.05) is 5.69 Å². The molecule has 1 amide bonds. The summed E-state index contributed by atoms with van der Waals surface area (Å²) >= 11 is 1.25. The van der Waals surface area contributed by atoms with Crippen molar-refractivity contribution in [2.24, 2.45) is 0 Å². The highest BCUT2D eigenvalue weighted by Crippen LogP contribution is 2.32. The maximum absolute atomic E-state index is 12.9. The predicted octanol–water partition coefficient (Wildman–Crippen LogP) is 5.30. The van der Waals surface area contributed by atoms with Crippen molar-refractivity contribution < 1.29 is 18.4 Å². The Morgan fingerprint density at radius 1 is 1.00 bits per heavy atom. The van der Waals surface area contributed by atoms with Gasteiger partial charge in [0.25, 0.3) is 0 Å². The van der Waals surface area contributed by atoms with Crippen LogP contribution in [0.4, 0.5) is 5.69 Å². The summed E-state index contributed by atoms with van der Waals surface area (Å²) in [7, 11) is 0. The molecule has 1 N–H and O–H groups in total. The van der Waals surface area contributed by atoms with E-state index in [0.717, 1.165) is 5.75 Å². The first-order valence-electron chi connectivity index (χ1n) is 10.2. The number of ether oxygens (including phenoxy) is 1. The van der Waals surface area contributed by atoms with Crippen molar-refractivity contribution in [3.05, 3.63) is 61.1 Å². The van der Waals surface area contributed by atoms with Gasteiger partial charge in [0.1, 0.15) is 11.4 Å². The average Bonchev–Trinajstić information content (AvgIpc) is 3.53. The van der Waals surface area contributed by atoms with E-state index < -0.39 is 5.25 Å². The zero-order valence-corrected chi connectivity index (χ0v) is 18.5. The highest BCUT2D eigenvalue weighted by molar-refractivity contribution is 8.00. The lowest BCUT2D eigenvalue weighted by Crippen LogP contribution is -2.25. The second-order valence-electron chi connectivity index (χ2n) is 6.71. The Morgan fingerprint density at radius 2 is 1.69 bits per heavy atom. The highest BCUT2D eigenvalue weighted by Gasteiger charge is 2.23. The molecule has 0 radical (unpaired) electrons. The molecule has 3 heterocycles. The summed E-state index contributed by atoms with van der Waals surface area (Å²) in [4.78, 5) is 17.5. The van der Waals surface area contributed by atoms with Gasteiger partial charge in [-0.1, -0.05) is 18.7 Å². The zero-order chi connectivity index (χ0) is 22.3. The molecular weight excluding hydrogens is 428 g/mol. The maximum Gasteiger partial charge on any atom is 0.237 e. The van der Waals surface area contributed by atoms with Crippen LogP contribution in [0.5, 0.6) is 5.75 Å². The lowest BCUT2D eigenvalue weighted by atomic mass is 10.2. The minimum Gasteiger partial charge on any atom is -0.494 e. The Kier molecular flexibility index (Phi) is 6.86. The van der Waals surface area contributed by atoms with Gasteiger partial charge < -0.3 is 18.9 Å². The molecule has 4 rings (SSSR count). The summed E-state index contributed by atoms with van der Waals surface area (Å²) in [5.74, 6) is 1.70. The normalized spacial score (nSPS) is 11.8. The number of benzene rings is 1. The van der Waals surface area contributed by atoms with Crippen molar-refractivity contribution in [2.75, 3.05) is 11.9 Å². The van der Waals surface area contributed by atoms with Gasteiger partial charge in [0.15, 0.2) is 17.2 Å². The van der Waals surface area contributed by atoms with Crippen LogP contribution in [0, 0.1) is 0 Å². The Labute approximate surface area is 189 Å². The van der Waals surface area contributed by atoms with Gasteiger partial charge >= 0.3 is 0 Å². The van der Waals surface area contributed by atoms with E-state index in [1.807, 2.05) is 38.1 Å². The summed E-state index contributed by atoms with van der Waals surface area (Å²) in [5, 5.41) is 11.4. The summed E-state index contributed by atoms with van der Waals surface area (Å²) in [6.45, 7) is 4.45. The molecule has 1 atom stereocenters. The van der Waals surface area contributed by atoms with E-state index in [2.05, 4.69) is 20.5 Å². The van der Waals surface area contributed by atoms with E-state index in [1.54, 1.807) is 36.8 Å². The Morgan fingerprint density at radius 3 is 2.28 bits per heavy atom. The number of thioether (sulfide) groups is 1. The van der Waals surface area contributed by atoms with Crippen molar-refractivity contribution in [3.63, 3.8) is 0 Å². The number of amides is 1. The fourth-order valence-corrected chi connectivity index (χ4v) is 3.82. The molecule has 0 fully saturated rings. The molecule has 0 aliphatic carbocycles. The number of furan rings is 2. The minimum atomic E-state index is -0.401. The third-order valence-corrected chi connectivity index (χ3v) is 5.74. The van der Waals surface area contributed by atoms with Crippen LogP contribution in [0.1, 0.15) is 20.3 Å². The van der Waals surface area contributed by atoms with Gasteiger partial charge in [0.05, 0.1) is 24.4 Å². The molecule has 3 aromatic heterocycles. The van der Waals surface area contributed by atoms with Gasteiger partial charge in [-0.15, -0.1) is 10.2 Å². The molecule has 0 saturated carbocycles. The van der Waals surface area contributed by atoms with Crippen molar-refractivity contribution in [1.82, 2.24) is 15.2 Å². The molecule has 0 bridgehead atoms. The monoisotopic (exact) mass is 450 g/mol. The first-order valence-corrected chi connectivity index (χ1v) is 11.1. The predicted molar refractivity (Wildman–Crippen MR) is 121 cm³/mol. The number of hydrogen-bond donors (Lipinski definition) is 1. The summed E-state index contributed by atoms with van der Waals surface area (Å²) in [6, 6.07) is 14.4. The minimum absolute atomic E-state index is 0.139. The summed E-state index contributed by atoms with van der Waals surface area (Å²) in [6.07, 6.45) is 3.71. The van der Waals surface area contributed by atoms with Crippen LogP contribution in [0.15, 0.2) is 75.0 Å². The smallest absolute Gasteiger partial charge is 0.237 e. The number of carbonyl (C=O) groups is 1. The van der Waals surface area contributed by atoms with E-state index in [4.69, 9.17) is 13.6 Å². The Bertz CT molecular complexity index is 1150. The topological polar surface area (TPSA) is 103 Å². The van der Waals surface area contributed by atoms with Crippen LogP contribution in [-0.4, -0.2) is 32.9 Å². The first kappa shape index (κ1) is 21.6. The van der Waals surface area contributed by atoms with Crippen molar-refractivity contribution in [3.8, 4) is 28.7 Å². The molecule has 4 aromatic rings. The second kappa shape index (κ2) is 10.1. The molecule has 8 nitrogen and oxygen atoms in total. The molecule has 0 aliphatic rings. The van der Waals surface area contributed by atoms with Gasteiger partial charge in [0.2, 0.25) is 11.1 Å². The van der Waals surface area contributed by atoms with E-state index in [1.165, 1.54) is 11.8 Å². The van der Waals surface area contributed by atoms with Gasteiger partial charge in [-0.2, -0.15) is 0 Å². The maximum atomic E-state index is 12.9. The van der Waals surface area contributed by atoms with Gasteiger partial charge in [-0.05, 0) is 61.9 Å². The standard InChI is InChI=1S/C23H22N4O4S/c1-3-19(22(28)24-15-9-11-16(12-10-15)29-4-2)32-23-25-20(17-7-5-13-30-17)21(26-27-23)18-8-6-14-31-18/h5-14,19H,3-4H2,1-2H3,(H,24,28). The first-order chi connectivity index (χ1) is 15.7. The lowest BCUT2D eigenvalue weighted by Gasteiger charge is -2.14. The third-order valence-electron chi connectivity index (χ3n) is 4.52. The third kappa shape index (κ3) is 5.00. The molecular formula is C23H22N4O4S. The van der Waals surface area contributed by atoms with Gasteiger partial charge in [-0.25, -0.2) is 4.98 Å².